The molecule has 0 bridgehead atoms. The number of fused-ring (bicyclic) bond motifs is 1. The first-order chi connectivity index (χ1) is 16.6. The molecule has 0 N–H and O–H groups in total. The van der Waals surface area contributed by atoms with E-state index in [0.717, 1.165) is 48.5 Å². The standard InChI is InChI=1S/C29H28N2O2S/c1-30-25-20-24(12-13-26(25)34-27(29(30)33)19-22-10-6-3-7-11-22)28(32)31-16-14-23(15-17-31)18-21-8-4-2-5-9-21/h2-13,19-20,23H,14-18H2,1H3. The predicted octanol–water partition coefficient (Wildman–Crippen LogP) is 5.89. The van der Waals surface area contributed by atoms with Gasteiger partial charge < -0.3 is 9.80 Å². The minimum Gasteiger partial charge on any atom is -0.339 e. The van der Waals surface area contributed by atoms with Crippen molar-refractivity contribution in [2.24, 2.45) is 5.92 Å². The lowest BCUT2D eigenvalue weighted by atomic mass is 9.90. The van der Waals surface area contributed by atoms with E-state index in [-0.39, 0.29) is 11.8 Å². The van der Waals surface area contributed by atoms with Crippen LogP contribution in [0.4, 0.5) is 5.69 Å². The van der Waals surface area contributed by atoms with Crippen LogP contribution in [0.25, 0.3) is 6.08 Å². The number of carbonyl (C=O) groups is 2. The summed E-state index contributed by atoms with van der Waals surface area (Å²) in [6, 6.07) is 26.2. The van der Waals surface area contributed by atoms with Gasteiger partial charge in [0, 0.05) is 30.6 Å². The van der Waals surface area contributed by atoms with E-state index >= 15 is 0 Å². The van der Waals surface area contributed by atoms with Crippen molar-refractivity contribution in [1.29, 1.82) is 0 Å². The number of likely N-dealkylation sites (N-methyl/N-ethyl adjacent to an activating group) is 1. The van der Waals surface area contributed by atoms with E-state index < -0.39 is 0 Å². The second kappa shape index (κ2) is 9.90. The molecule has 0 aromatic heterocycles. The van der Waals surface area contributed by atoms with E-state index in [9.17, 15) is 9.59 Å². The van der Waals surface area contributed by atoms with Crippen LogP contribution in [0.1, 0.15) is 34.3 Å². The summed E-state index contributed by atoms with van der Waals surface area (Å²) in [5.41, 5.74) is 3.81. The predicted molar refractivity (Wildman–Crippen MR) is 139 cm³/mol. The quantitative estimate of drug-likeness (QED) is 0.448. The van der Waals surface area contributed by atoms with Gasteiger partial charge in [-0.25, -0.2) is 0 Å². The fourth-order valence-corrected chi connectivity index (χ4v) is 5.79. The highest BCUT2D eigenvalue weighted by Crippen LogP contribution is 2.42. The molecule has 34 heavy (non-hydrogen) atoms. The molecule has 3 aromatic carbocycles. The number of piperidine rings is 1. The topological polar surface area (TPSA) is 40.6 Å². The van der Waals surface area contributed by atoms with Crippen LogP contribution in [0, 0.1) is 5.92 Å². The maximum Gasteiger partial charge on any atom is 0.264 e. The number of rotatable bonds is 4. The third kappa shape index (κ3) is 4.80. The zero-order valence-corrected chi connectivity index (χ0v) is 20.1. The highest BCUT2D eigenvalue weighted by atomic mass is 32.2. The average Bonchev–Trinajstić information content (AvgIpc) is 2.88. The summed E-state index contributed by atoms with van der Waals surface area (Å²) >= 11 is 1.47. The fraction of sp³-hybridized carbons (Fsp3) is 0.241. The number of nitrogens with zero attached hydrogens (tertiary/aromatic N) is 2. The molecular formula is C29H28N2O2S. The van der Waals surface area contributed by atoms with Crippen molar-refractivity contribution in [2.45, 2.75) is 24.2 Å². The summed E-state index contributed by atoms with van der Waals surface area (Å²) in [6.45, 7) is 1.56. The molecule has 0 unspecified atom stereocenters. The second-order valence-electron chi connectivity index (χ2n) is 8.99. The summed E-state index contributed by atoms with van der Waals surface area (Å²) in [7, 11) is 1.78. The number of hydrogen-bond donors (Lipinski definition) is 0. The van der Waals surface area contributed by atoms with Crippen molar-refractivity contribution >= 4 is 35.3 Å². The molecule has 2 amide bonds. The second-order valence-corrected chi connectivity index (χ2v) is 10.1. The Kier molecular flexibility index (Phi) is 6.54. The number of likely N-dealkylation sites (tertiary alicyclic amines) is 1. The zero-order valence-electron chi connectivity index (χ0n) is 19.3. The van der Waals surface area contributed by atoms with E-state index in [1.807, 2.05) is 65.6 Å². The smallest absolute Gasteiger partial charge is 0.264 e. The number of hydrogen-bond acceptors (Lipinski definition) is 3. The molecule has 2 heterocycles. The van der Waals surface area contributed by atoms with Gasteiger partial charge in [-0.1, -0.05) is 72.4 Å². The van der Waals surface area contributed by atoms with Gasteiger partial charge in [0.2, 0.25) is 0 Å². The van der Waals surface area contributed by atoms with Crippen LogP contribution in [0.15, 0.2) is 88.7 Å². The van der Waals surface area contributed by atoms with Gasteiger partial charge in [0.25, 0.3) is 11.8 Å². The molecule has 0 aliphatic carbocycles. The van der Waals surface area contributed by atoms with E-state index in [0.29, 0.717) is 16.4 Å². The van der Waals surface area contributed by atoms with Crippen molar-refractivity contribution in [2.75, 3.05) is 25.0 Å². The summed E-state index contributed by atoms with van der Waals surface area (Å²) in [4.78, 5) is 31.5. The molecule has 1 saturated heterocycles. The van der Waals surface area contributed by atoms with Crippen LogP contribution in [-0.4, -0.2) is 36.9 Å². The van der Waals surface area contributed by atoms with Crippen LogP contribution >= 0.6 is 11.8 Å². The molecule has 4 nitrogen and oxygen atoms in total. The van der Waals surface area contributed by atoms with Gasteiger partial charge in [-0.2, -0.15) is 0 Å². The van der Waals surface area contributed by atoms with Crippen molar-refractivity contribution in [1.82, 2.24) is 4.90 Å². The van der Waals surface area contributed by atoms with E-state index in [2.05, 4.69) is 24.3 Å². The van der Waals surface area contributed by atoms with Gasteiger partial charge >= 0.3 is 0 Å². The Hall–Kier alpha value is -3.31. The molecule has 0 radical (unpaired) electrons. The van der Waals surface area contributed by atoms with Gasteiger partial charge in [0.1, 0.15) is 0 Å². The minimum absolute atomic E-state index is 0.0484. The van der Waals surface area contributed by atoms with E-state index in [1.165, 1.54) is 17.3 Å². The molecular weight excluding hydrogens is 440 g/mol. The molecule has 2 aliphatic rings. The molecule has 1 fully saturated rings. The molecule has 5 rings (SSSR count). The summed E-state index contributed by atoms with van der Waals surface area (Å²) < 4.78 is 0. The molecule has 3 aromatic rings. The SMILES string of the molecule is CN1C(=O)C(=Cc2ccccc2)Sc2ccc(C(=O)N3CCC(Cc4ccccc4)CC3)cc21. The maximum atomic E-state index is 13.2. The van der Waals surface area contributed by atoms with Crippen LogP contribution in [0.3, 0.4) is 0 Å². The van der Waals surface area contributed by atoms with Crippen LogP contribution in [-0.2, 0) is 11.2 Å². The first-order valence-corrected chi connectivity index (χ1v) is 12.6. The van der Waals surface area contributed by atoms with Gasteiger partial charge in [-0.15, -0.1) is 0 Å². The molecule has 0 spiro atoms. The maximum absolute atomic E-state index is 13.2. The fourth-order valence-electron chi connectivity index (χ4n) is 4.70. The van der Waals surface area contributed by atoms with Gasteiger partial charge in [0.15, 0.2) is 0 Å². The lowest BCUT2D eigenvalue weighted by Gasteiger charge is -2.33. The molecule has 0 atom stereocenters. The van der Waals surface area contributed by atoms with Crippen molar-refractivity contribution in [3.63, 3.8) is 0 Å². The highest BCUT2D eigenvalue weighted by molar-refractivity contribution is 8.04. The van der Waals surface area contributed by atoms with Crippen molar-refractivity contribution in [3.05, 3.63) is 100 Å². The monoisotopic (exact) mass is 468 g/mol. The van der Waals surface area contributed by atoms with Gasteiger partial charge in [-0.05, 0) is 60.6 Å². The molecule has 172 valence electrons. The first kappa shape index (κ1) is 22.5. The van der Waals surface area contributed by atoms with Crippen LogP contribution < -0.4 is 4.90 Å². The van der Waals surface area contributed by atoms with Crippen LogP contribution in [0.5, 0.6) is 0 Å². The summed E-state index contributed by atoms with van der Waals surface area (Å²) in [6.07, 6.45) is 5.04. The van der Waals surface area contributed by atoms with E-state index in [1.54, 1.807) is 11.9 Å². The Bertz CT molecular complexity index is 1220. The molecule has 2 aliphatic heterocycles. The minimum atomic E-state index is -0.0484. The Labute approximate surface area is 205 Å². The average molecular weight is 469 g/mol. The lowest BCUT2D eigenvalue weighted by Crippen LogP contribution is -2.39. The van der Waals surface area contributed by atoms with Gasteiger partial charge in [0.05, 0.1) is 10.6 Å². The Morgan fingerprint density at radius 3 is 2.35 bits per heavy atom. The zero-order chi connectivity index (χ0) is 23.5. The Morgan fingerprint density at radius 1 is 0.971 bits per heavy atom. The van der Waals surface area contributed by atoms with Crippen molar-refractivity contribution < 1.29 is 9.59 Å². The van der Waals surface area contributed by atoms with Gasteiger partial charge in [-0.3, -0.25) is 9.59 Å². The number of thioether (sulfide) groups is 1. The van der Waals surface area contributed by atoms with Crippen LogP contribution in [0.2, 0.25) is 0 Å². The molecule has 5 heteroatoms. The summed E-state index contributed by atoms with van der Waals surface area (Å²) in [5, 5.41) is 0. The normalized spacial score (nSPS) is 17.7. The number of amides is 2. The Morgan fingerprint density at radius 2 is 1.65 bits per heavy atom. The Balaban J connectivity index is 1.27. The largest absolute Gasteiger partial charge is 0.339 e. The third-order valence-electron chi connectivity index (χ3n) is 6.67. The first-order valence-electron chi connectivity index (χ1n) is 11.8. The highest BCUT2D eigenvalue weighted by Gasteiger charge is 2.29. The number of anilines is 1. The lowest BCUT2D eigenvalue weighted by molar-refractivity contribution is -0.114. The third-order valence-corrected chi connectivity index (χ3v) is 7.75. The number of benzene rings is 3. The van der Waals surface area contributed by atoms with Crippen molar-refractivity contribution in [3.8, 4) is 0 Å². The van der Waals surface area contributed by atoms with E-state index in [4.69, 9.17) is 0 Å². The molecule has 0 saturated carbocycles. The summed E-state index contributed by atoms with van der Waals surface area (Å²) in [5.74, 6) is 0.620. The number of carbonyl (C=O) groups excluding carboxylic acids is 2.